The van der Waals surface area contributed by atoms with E-state index < -0.39 is 34.9 Å². The van der Waals surface area contributed by atoms with Gasteiger partial charge < -0.3 is 9.84 Å². The maximum Gasteiger partial charge on any atom is 0.301 e. The van der Waals surface area contributed by atoms with E-state index in [9.17, 15) is 23.5 Å². The molecule has 0 unspecified atom stereocenters. The predicted octanol–water partition coefficient (Wildman–Crippen LogP) is 3.59. The zero-order valence-corrected chi connectivity index (χ0v) is 14.0. The SMILES string of the molecule is CC(C)Oc1ccc(C2=C(O)C(=O)N(c3cc(F)ccc3F)C2=O)cc1. The fourth-order valence-electron chi connectivity index (χ4n) is 2.63. The number of aliphatic hydroxyl groups excluding tert-OH is 1. The molecular formula is C19H15F2NO4. The molecule has 0 atom stereocenters. The second kappa shape index (κ2) is 6.59. The van der Waals surface area contributed by atoms with E-state index in [2.05, 4.69) is 0 Å². The van der Waals surface area contributed by atoms with E-state index in [0.717, 1.165) is 18.2 Å². The summed E-state index contributed by atoms with van der Waals surface area (Å²) >= 11 is 0. The van der Waals surface area contributed by atoms with Crippen molar-refractivity contribution in [2.24, 2.45) is 0 Å². The van der Waals surface area contributed by atoms with Gasteiger partial charge in [0.1, 0.15) is 17.4 Å². The first-order valence-corrected chi connectivity index (χ1v) is 7.83. The third-order valence-corrected chi connectivity index (χ3v) is 3.72. The average Bonchev–Trinajstić information content (AvgIpc) is 2.80. The highest BCUT2D eigenvalue weighted by atomic mass is 19.1. The van der Waals surface area contributed by atoms with Crippen LogP contribution in [0, 0.1) is 11.6 Å². The molecule has 7 heteroatoms. The molecule has 0 fully saturated rings. The van der Waals surface area contributed by atoms with Gasteiger partial charge in [-0.2, -0.15) is 0 Å². The quantitative estimate of drug-likeness (QED) is 0.847. The van der Waals surface area contributed by atoms with Crippen molar-refractivity contribution in [3.8, 4) is 5.75 Å². The van der Waals surface area contributed by atoms with Crippen LogP contribution in [0.25, 0.3) is 5.57 Å². The molecule has 0 bridgehead atoms. The van der Waals surface area contributed by atoms with Crippen LogP contribution < -0.4 is 9.64 Å². The fourth-order valence-corrected chi connectivity index (χ4v) is 2.63. The number of hydrogen-bond donors (Lipinski definition) is 1. The van der Waals surface area contributed by atoms with Crippen LogP contribution >= 0.6 is 0 Å². The van der Waals surface area contributed by atoms with Gasteiger partial charge in [0.25, 0.3) is 5.91 Å². The smallest absolute Gasteiger partial charge is 0.301 e. The Kier molecular flexibility index (Phi) is 4.46. The van der Waals surface area contributed by atoms with Gasteiger partial charge in [0.2, 0.25) is 0 Å². The van der Waals surface area contributed by atoms with E-state index in [1.807, 2.05) is 13.8 Å². The molecule has 0 radical (unpaired) electrons. The highest BCUT2D eigenvalue weighted by Crippen LogP contribution is 2.34. The minimum absolute atomic E-state index is 0.0467. The number of nitrogens with zero attached hydrogens (tertiary/aromatic N) is 1. The second-order valence-electron chi connectivity index (χ2n) is 5.96. The van der Waals surface area contributed by atoms with Gasteiger partial charge in [-0.05, 0) is 43.7 Å². The molecule has 1 aliphatic rings. The number of ether oxygens (including phenoxy) is 1. The maximum absolute atomic E-state index is 14.0. The summed E-state index contributed by atoms with van der Waals surface area (Å²) in [4.78, 5) is 25.3. The largest absolute Gasteiger partial charge is 0.502 e. The Bertz CT molecular complexity index is 920. The van der Waals surface area contributed by atoms with Crippen molar-refractivity contribution in [2.45, 2.75) is 20.0 Å². The van der Waals surface area contributed by atoms with Crippen LogP contribution in [-0.4, -0.2) is 23.0 Å². The molecule has 3 rings (SSSR count). The Morgan fingerprint density at radius 1 is 1.00 bits per heavy atom. The number of imide groups is 1. The number of halogens is 2. The highest BCUT2D eigenvalue weighted by Gasteiger charge is 2.41. The molecule has 1 aliphatic heterocycles. The first-order valence-electron chi connectivity index (χ1n) is 7.83. The summed E-state index contributed by atoms with van der Waals surface area (Å²) in [5.41, 5.74) is -0.577. The van der Waals surface area contributed by atoms with Gasteiger partial charge in [-0.25, -0.2) is 13.7 Å². The summed E-state index contributed by atoms with van der Waals surface area (Å²) < 4.78 is 32.9. The molecule has 0 spiro atoms. The molecule has 134 valence electrons. The van der Waals surface area contributed by atoms with Crippen molar-refractivity contribution in [3.05, 3.63) is 65.4 Å². The topological polar surface area (TPSA) is 66.8 Å². The molecule has 2 aromatic rings. The summed E-state index contributed by atoms with van der Waals surface area (Å²) in [5.74, 6) is -4.09. The number of anilines is 1. The number of hydrogen-bond acceptors (Lipinski definition) is 4. The zero-order valence-electron chi connectivity index (χ0n) is 14.0. The highest BCUT2D eigenvalue weighted by molar-refractivity contribution is 6.44. The van der Waals surface area contributed by atoms with Gasteiger partial charge >= 0.3 is 5.91 Å². The molecule has 1 N–H and O–H groups in total. The molecule has 2 amide bonds. The minimum atomic E-state index is -1.11. The Morgan fingerprint density at radius 2 is 1.65 bits per heavy atom. The summed E-state index contributed by atoms with van der Waals surface area (Å²) in [5, 5.41) is 10.1. The van der Waals surface area contributed by atoms with Gasteiger partial charge in [0.05, 0.1) is 17.4 Å². The van der Waals surface area contributed by atoms with Crippen molar-refractivity contribution in [1.82, 2.24) is 0 Å². The van der Waals surface area contributed by atoms with Gasteiger partial charge in [0.15, 0.2) is 5.76 Å². The number of amides is 2. The Hall–Kier alpha value is -3.22. The van der Waals surface area contributed by atoms with Crippen molar-refractivity contribution in [2.75, 3.05) is 4.90 Å². The van der Waals surface area contributed by atoms with E-state index in [1.54, 1.807) is 12.1 Å². The number of rotatable bonds is 4. The predicted molar refractivity (Wildman–Crippen MR) is 90.6 cm³/mol. The molecular weight excluding hydrogens is 344 g/mol. The number of aliphatic hydroxyl groups is 1. The second-order valence-corrected chi connectivity index (χ2v) is 5.96. The third-order valence-electron chi connectivity index (χ3n) is 3.72. The summed E-state index contributed by atoms with van der Waals surface area (Å²) in [6.45, 7) is 3.71. The lowest BCUT2D eigenvalue weighted by molar-refractivity contribution is -0.121. The minimum Gasteiger partial charge on any atom is -0.502 e. The van der Waals surface area contributed by atoms with E-state index >= 15 is 0 Å². The molecule has 26 heavy (non-hydrogen) atoms. The van der Waals surface area contributed by atoms with E-state index in [-0.39, 0.29) is 17.2 Å². The fraction of sp³-hybridized carbons (Fsp3) is 0.158. The molecule has 0 aromatic heterocycles. The number of benzene rings is 2. The van der Waals surface area contributed by atoms with E-state index in [4.69, 9.17) is 4.74 Å². The lowest BCUT2D eigenvalue weighted by Crippen LogP contribution is -2.32. The zero-order chi connectivity index (χ0) is 19.0. The van der Waals surface area contributed by atoms with Crippen LogP contribution in [0.5, 0.6) is 5.75 Å². The van der Waals surface area contributed by atoms with Crippen molar-refractivity contribution in [1.29, 1.82) is 0 Å². The van der Waals surface area contributed by atoms with Gasteiger partial charge in [-0.1, -0.05) is 12.1 Å². The van der Waals surface area contributed by atoms with Crippen LogP contribution in [0.15, 0.2) is 48.2 Å². The Balaban J connectivity index is 1.98. The number of carbonyl (C=O) groups excluding carboxylic acids is 2. The lowest BCUT2D eigenvalue weighted by atomic mass is 10.1. The number of carbonyl (C=O) groups is 2. The van der Waals surface area contributed by atoms with Crippen LogP contribution in [0.3, 0.4) is 0 Å². The summed E-state index contributed by atoms with van der Waals surface area (Å²) in [6.07, 6.45) is -0.0467. The first-order chi connectivity index (χ1) is 12.3. The van der Waals surface area contributed by atoms with Crippen LogP contribution in [-0.2, 0) is 9.59 Å². The van der Waals surface area contributed by atoms with Crippen LogP contribution in [0.2, 0.25) is 0 Å². The molecule has 1 heterocycles. The Morgan fingerprint density at radius 3 is 2.27 bits per heavy atom. The molecule has 2 aromatic carbocycles. The summed E-state index contributed by atoms with van der Waals surface area (Å²) in [7, 11) is 0. The standard InChI is InChI=1S/C19H15F2NO4/c1-10(2)26-13-6-3-11(4-7-13)16-17(23)19(25)22(18(16)24)15-9-12(20)5-8-14(15)21/h3-10,23H,1-2H3. The third kappa shape index (κ3) is 3.03. The monoisotopic (exact) mass is 359 g/mol. The van der Waals surface area contributed by atoms with Crippen molar-refractivity contribution in [3.63, 3.8) is 0 Å². The van der Waals surface area contributed by atoms with Crippen LogP contribution in [0.1, 0.15) is 19.4 Å². The van der Waals surface area contributed by atoms with Gasteiger partial charge in [0, 0.05) is 6.07 Å². The van der Waals surface area contributed by atoms with Crippen LogP contribution in [0.4, 0.5) is 14.5 Å². The Labute approximate surface area is 148 Å². The normalized spacial score (nSPS) is 14.6. The van der Waals surface area contributed by atoms with E-state index in [1.165, 1.54) is 12.1 Å². The van der Waals surface area contributed by atoms with Gasteiger partial charge in [-0.15, -0.1) is 0 Å². The first kappa shape index (κ1) is 17.6. The van der Waals surface area contributed by atoms with E-state index in [0.29, 0.717) is 10.6 Å². The lowest BCUT2D eigenvalue weighted by Gasteiger charge is -2.15. The summed E-state index contributed by atoms with van der Waals surface area (Å²) in [6, 6.07) is 8.56. The van der Waals surface area contributed by atoms with Crippen molar-refractivity contribution < 1.29 is 28.2 Å². The average molecular weight is 359 g/mol. The van der Waals surface area contributed by atoms with Gasteiger partial charge in [-0.3, -0.25) is 9.59 Å². The molecule has 0 saturated carbocycles. The molecule has 0 saturated heterocycles. The molecule has 0 aliphatic carbocycles. The van der Waals surface area contributed by atoms with Crippen molar-refractivity contribution >= 4 is 23.1 Å². The maximum atomic E-state index is 14.0. The molecule has 5 nitrogen and oxygen atoms in total.